The average Bonchev–Trinajstić information content (AvgIpc) is 2.26. The maximum Gasteiger partial charge on any atom is 0.319 e. The van der Waals surface area contributed by atoms with Crippen molar-refractivity contribution in [3.8, 4) is 0 Å². The summed E-state index contributed by atoms with van der Waals surface area (Å²) in [6, 6.07) is 9.63. The van der Waals surface area contributed by atoms with E-state index in [1.165, 1.54) is 0 Å². The summed E-state index contributed by atoms with van der Waals surface area (Å²) in [6.45, 7) is 4.21. The highest BCUT2D eigenvalue weighted by Gasteiger charge is 2.18. The zero-order valence-electron chi connectivity index (χ0n) is 9.01. The molecule has 0 spiro atoms. The molecule has 0 amide bonds. The number of hydrogen-bond acceptors (Lipinski definition) is 3. The number of esters is 1. The first-order valence-electron chi connectivity index (χ1n) is 5.00. The smallest absolute Gasteiger partial charge is 0.319 e. The minimum Gasteiger partial charge on any atom is -0.460 e. The number of benzene rings is 1. The SMILES string of the molecule is CC(C)C(S)C(=O)OCc1ccccc1. The number of thiol groups is 1. The van der Waals surface area contributed by atoms with Crippen molar-refractivity contribution in [3.05, 3.63) is 35.9 Å². The Bertz CT molecular complexity index is 309. The van der Waals surface area contributed by atoms with Crippen LogP contribution >= 0.6 is 12.6 Å². The highest BCUT2D eigenvalue weighted by atomic mass is 32.1. The summed E-state index contributed by atoms with van der Waals surface area (Å²) in [5, 5.41) is -0.339. The van der Waals surface area contributed by atoms with Gasteiger partial charge in [-0.25, -0.2) is 0 Å². The summed E-state index contributed by atoms with van der Waals surface area (Å²) < 4.78 is 5.14. The lowest BCUT2D eigenvalue weighted by Crippen LogP contribution is -2.23. The van der Waals surface area contributed by atoms with Crippen molar-refractivity contribution in [2.45, 2.75) is 25.7 Å². The molecule has 0 saturated heterocycles. The van der Waals surface area contributed by atoms with Crippen LogP contribution in [0.15, 0.2) is 30.3 Å². The van der Waals surface area contributed by atoms with Gasteiger partial charge in [0.1, 0.15) is 11.9 Å². The lowest BCUT2D eigenvalue weighted by atomic mass is 10.1. The van der Waals surface area contributed by atoms with Crippen LogP contribution in [0.4, 0.5) is 0 Å². The molecule has 0 fully saturated rings. The zero-order chi connectivity index (χ0) is 11.3. The van der Waals surface area contributed by atoms with E-state index in [1.807, 2.05) is 44.2 Å². The van der Waals surface area contributed by atoms with Gasteiger partial charge in [-0.3, -0.25) is 4.79 Å². The Morgan fingerprint density at radius 3 is 2.47 bits per heavy atom. The third-order valence-corrected chi connectivity index (χ3v) is 2.90. The molecular weight excluding hydrogens is 208 g/mol. The summed E-state index contributed by atoms with van der Waals surface area (Å²) in [5.74, 6) is -0.0613. The molecule has 0 N–H and O–H groups in total. The van der Waals surface area contributed by atoms with E-state index < -0.39 is 0 Å². The van der Waals surface area contributed by atoms with Gasteiger partial charge < -0.3 is 4.74 Å². The molecule has 3 heteroatoms. The molecule has 1 aromatic carbocycles. The van der Waals surface area contributed by atoms with Gasteiger partial charge in [-0.05, 0) is 11.5 Å². The molecule has 2 nitrogen and oxygen atoms in total. The van der Waals surface area contributed by atoms with Crippen molar-refractivity contribution in [1.82, 2.24) is 0 Å². The summed E-state index contributed by atoms with van der Waals surface area (Å²) in [6.07, 6.45) is 0. The summed E-state index contributed by atoms with van der Waals surface area (Å²) in [7, 11) is 0. The van der Waals surface area contributed by atoms with Gasteiger partial charge in [0.05, 0.1) is 0 Å². The number of carbonyl (C=O) groups excluding carboxylic acids is 1. The quantitative estimate of drug-likeness (QED) is 0.628. The average molecular weight is 224 g/mol. The second kappa shape index (κ2) is 5.81. The van der Waals surface area contributed by atoms with Crippen molar-refractivity contribution < 1.29 is 9.53 Å². The third-order valence-electron chi connectivity index (χ3n) is 2.10. The molecular formula is C12H16O2S. The van der Waals surface area contributed by atoms with E-state index in [1.54, 1.807) is 0 Å². The number of hydrogen-bond donors (Lipinski definition) is 1. The second-order valence-corrected chi connectivity index (χ2v) is 4.34. The Labute approximate surface area is 96.1 Å². The molecule has 0 aliphatic rings. The van der Waals surface area contributed by atoms with Gasteiger partial charge in [-0.15, -0.1) is 0 Å². The Morgan fingerprint density at radius 2 is 1.93 bits per heavy atom. The summed E-state index contributed by atoms with van der Waals surface area (Å²) in [5.41, 5.74) is 0.995. The standard InChI is InChI=1S/C12H16O2S/c1-9(2)11(15)12(13)14-8-10-6-4-3-5-7-10/h3-7,9,11,15H,8H2,1-2H3. The molecule has 0 bridgehead atoms. The van der Waals surface area contributed by atoms with Gasteiger partial charge in [-0.2, -0.15) is 12.6 Å². The molecule has 0 aliphatic heterocycles. The monoisotopic (exact) mass is 224 g/mol. The molecule has 1 unspecified atom stereocenters. The Morgan fingerprint density at radius 1 is 1.33 bits per heavy atom. The van der Waals surface area contributed by atoms with Crippen LogP contribution in [0.3, 0.4) is 0 Å². The van der Waals surface area contributed by atoms with Crippen molar-refractivity contribution in [3.63, 3.8) is 0 Å². The Balaban J connectivity index is 2.41. The maximum absolute atomic E-state index is 11.5. The molecule has 82 valence electrons. The highest BCUT2D eigenvalue weighted by molar-refractivity contribution is 7.81. The lowest BCUT2D eigenvalue weighted by Gasteiger charge is -2.13. The van der Waals surface area contributed by atoms with Crippen LogP contribution < -0.4 is 0 Å². The van der Waals surface area contributed by atoms with E-state index in [4.69, 9.17) is 4.74 Å². The Hall–Kier alpha value is -0.960. The van der Waals surface area contributed by atoms with Crippen LogP contribution in [0.25, 0.3) is 0 Å². The largest absolute Gasteiger partial charge is 0.460 e. The minimum absolute atomic E-state index is 0.191. The van der Waals surface area contributed by atoms with Crippen molar-refractivity contribution >= 4 is 18.6 Å². The maximum atomic E-state index is 11.5. The summed E-state index contributed by atoms with van der Waals surface area (Å²) in [4.78, 5) is 11.5. The summed E-state index contributed by atoms with van der Waals surface area (Å²) >= 11 is 4.19. The van der Waals surface area contributed by atoms with Crippen LogP contribution in [0, 0.1) is 5.92 Å². The van der Waals surface area contributed by atoms with Gasteiger partial charge in [0, 0.05) is 0 Å². The molecule has 1 atom stereocenters. The van der Waals surface area contributed by atoms with Gasteiger partial charge >= 0.3 is 5.97 Å². The number of rotatable bonds is 4. The van der Waals surface area contributed by atoms with E-state index in [2.05, 4.69) is 12.6 Å². The van der Waals surface area contributed by atoms with Gasteiger partial charge in [0.15, 0.2) is 0 Å². The molecule has 1 rings (SSSR count). The fourth-order valence-corrected chi connectivity index (χ4v) is 1.16. The topological polar surface area (TPSA) is 26.3 Å². The van der Waals surface area contributed by atoms with Crippen LogP contribution in [0.1, 0.15) is 19.4 Å². The van der Waals surface area contributed by atoms with Gasteiger partial charge in [-0.1, -0.05) is 44.2 Å². The van der Waals surface area contributed by atoms with Gasteiger partial charge in [0.2, 0.25) is 0 Å². The predicted octanol–water partition coefficient (Wildman–Crippen LogP) is 2.68. The van der Waals surface area contributed by atoms with Crippen molar-refractivity contribution in [1.29, 1.82) is 0 Å². The molecule has 0 radical (unpaired) electrons. The second-order valence-electron chi connectivity index (χ2n) is 3.78. The van der Waals surface area contributed by atoms with Crippen LogP contribution in [-0.4, -0.2) is 11.2 Å². The van der Waals surface area contributed by atoms with Crippen LogP contribution in [0.5, 0.6) is 0 Å². The lowest BCUT2D eigenvalue weighted by molar-refractivity contribution is -0.145. The molecule has 15 heavy (non-hydrogen) atoms. The number of carbonyl (C=O) groups is 1. The fourth-order valence-electron chi connectivity index (χ4n) is 1.09. The van der Waals surface area contributed by atoms with Gasteiger partial charge in [0.25, 0.3) is 0 Å². The normalized spacial score (nSPS) is 12.5. The molecule has 0 aliphatic carbocycles. The predicted molar refractivity (Wildman–Crippen MR) is 63.9 cm³/mol. The fraction of sp³-hybridized carbons (Fsp3) is 0.417. The molecule has 1 aromatic rings. The third kappa shape index (κ3) is 3.96. The first-order valence-corrected chi connectivity index (χ1v) is 5.51. The number of ether oxygens (including phenoxy) is 1. The van der Waals surface area contributed by atoms with Crippen molar-refractivity contribution in [2.75, 3.05) is 0 Å². The van der Waals surface area contributed by atoms with E-state index in [0.29, 0.717) is 6.61 Å². The zero-order valence-corrected chi connectivity index (χ0v) is 9.91. The molecule has 0 aromatic heterocycles. The van der Waals surface area contributed by atoms with E-state index in [9.17, 15) is 4.79 Å². The minimum atomic E-state index is -0.339. The first kappa shape index (κ1) is 12.1. The molecule has 0 heterocycles. The van der Waals surface area contributed by atoms with E-state index in [0.717, 1.165) is 5.56 Å². The Kier molecular flexibility index (Phi) is 4.69. The van der Waals surface area contributed by atoms with Crippen molar-refractivity contribution in [2.24, 2.45) is 5.92 Å². The van der Waals surface area contributed by atoms with Crippen LogP contribution in [-0.2, 0) is 16.1 Å². The molecule has 0 saturated carbocycles. The van der Waals surface area contributed by atoms with E-state index in [-0.39, 0.29) is 17.1 Å². The van der Waals surface area contributed by atoms with Crippen LogP contribution in [0.2, 0.25) is 0 Å². The first-order chi connectivity index (χ1) is 7.11. The van der Waals surface area contributed by atoms with E-state index >= 15 is 0 Å². The highest BCUT2D eigenvalue weighted by Crippen LogP contribution is 2.11.